The van der Waals surface area contributed by atoms with E-state index in [1.54, 1.807) is 6.07 Å². The van der Waals surface area contributed by atoms with Crippen molar-refractivity contribution in [1.29, 1.82) is 0 Å². The van der Waals surface area contributed by atoms with Crippen LogP contribution < -0.4 is 0 Å². The lowest BCUT2D eigenvalue weighted by molar-refractivity contribution is 0.0646. The molecular formula is C11H7NO4S. The van der Waals surface area contributed by atoms with Crippen LogP contribution >= 0.6 is 11.3 Å². The molecule has 0 unspecified atom stereocenters. The highest BCUT2D eigenvalue weighted by Crippen LogP contribution is 2.23. The summed E-state index contributed by atoms with van der Waals surface area (Å²) in [6.45, 7) is 0. The third kappa shape index (κ3) is 2.16. The van der Waals surface area contributed by atoms with E-state index >= 15 is 0 Å². The van der Waals surface area contributed by atoms with Crippen molar-refractivity contribution in [3.63, 3.8) is 0 Å². The Hall–Kier alpha value is -2.21. The van der Waals surface area contributed by atoms with Crippen LogP contribution in [0.4, 0.5) is 0 Å². The highest BCUT2D eigenvalue weighted by atomic mass is 32.1. The lowest BCUT2D eigenvalue weighted by atomic mass is 10.1. The van der Waals surface area contributed by atoms with Gasteiger partial charge in [-0.2, -0.15) is 0 Å². The van der Waals surface area contributed by atoms with Crippen LogP contribution in [0.15, 0.2) is 29.6 Å². The van der Waals surface area contributed by atoms with Gasteiger partial charge in [-0.1, -0.05) is 6.07 Å². The molecule has 0 fully saturated rings. The van der Waals surface area contributed by atoms with Crippen LogP contribution in [-0.4, -0.2) is 27.1 Å². The first-order valence-electron chi connectivity index (χ1n) is 4.61. The zero-order chi connectivity index (χ0) is 12.4. The van der Waals surface area contributed by atoms with Crippen molar-refractivity contribution in [1.82, 2.24) is 4.98 Å². The Bertz CT molecular complexity index is 577. The van der Waals surface area contributed by atoms with Gasteiger partial charge in [0.15, 0.2) is 5.69 Å². The Kier molecular flexibility index (Phi) is 2.88. The van der Waals surface area contributed by atoms with E-state index < -0.39 is 17.6 Å². The number of aromatic carboxylic acids is 2. The molecule has 0 bridgehead atoms. The van der Waals surface area contributed by atoms with Crippen molar-refractivity contribution in [2.24, 2.45) is 0 Å². The van der Waals surface area contributed by atoms with E-state index in [1.807, 2.05) is 11.4 Å². The summed E-state index contributed by atoms with van der Waals surface area (Å²) in [5, 5.41) is 19.6. The summed E-state index contributed by atoms with van der Waals surface area (Å²) in [5.41, 5.74) is -0.288. The summed E-state index contributed by atoms with van der Waals surface area (Å²) in [6, 6.07) is 6.36. The molecule has 17 heavy (non-hydrogen) atoms. The van der Waals surface area contributed by atoms with Crippen molar-refractivity contribution < 1.29 is 19.8 Å². The monoisotopic (exact) mass is 249 g/mol. The quantitative estimate of drug-likeness (QED) is 0.870. The van der Waals surface area contributed by atoms with Gasteiger partial charge in [0.2, 0.25) is 0 Å². The van der Waals surface area contributed by atoms with Crippen LogP contribution in [0.2, 0.25) is 0 Å². The molecule has 0 aliphatic heterocycles. The first kappa shape index (κ1) is 11.3. The maximum Gasteiger partial charge on any atom is 0.355 e. The van der Waals surface area contributed by atoms with Gasteiger partial charge in [-0.05, 0) is 23.6 Å². The highest BCUT2D eigenvalue weighted by molar-refractivity contribution is 7.13. The molecule has 2 rings (SSSR count). The standard InChI is InChI=1S/C11H7NO4S/c13-10(14)6-3-4-7(8-2-1-5-17-8)12-9(6)11(15)16/h1-5H,(H,13,14)(H,15,16). The molecule has 0 saturated carbocycles. The second-order valence-corrected chi connectivity index (χ2v) is 4.13. The minimum atomic E-state index is -1.35. The van der Waals surface area contributed by atoms with Gasteiger partial charge in [0.1, 0.15) is 0 Å². The minimum absolute atomic E-state index is 0.308. The number of rotatable bonds is 3. The fourth-order valence-corrected chi connectivity index (χ4v) is 2.05. The lowest BCUT2D eigenvalue weighted by Crippen LogP contribution is -2.10. The summed E-state index contributed by atoms with van der Waals surface area (Å²) in [7, 11) is 0. The van der Waals surface area contributed by atoms with Crippen molar-refractivity contribution in [2.45, 2.75) is 0 Å². The largest absolute Gasteiger partial charge is 0.478 e. The average molecular weight is 249 g/mol. The molecule has 6 heteroatoms. The molecule has 0 aromatic carbocycles. The molecule has 0 amide bonds. The molecule has 2 aromatic heterocycles. The number of nitrogens with zero attached hydrogens (tertiary/aromatic N) is 1. The van der Waals surface area contributed by atoms with E-state index in [1.165, 1.54) is 23.5 Å². The van der Waals surface area contributed by atoms with Gasteiger partial charge >= 0.3 is 11.9 Å². The van der Waals surface area contributed by atoms with Gasteiger partial charge in [0.05, 0.1) is 16.1 Å². The average Bonchev–Trinajstić information content (AvgIpc) is 2.81. The molecule has 0 radical (unpaired) electrons. The van der Waals surface area contributed by atoms with Gasteiger partial charge in [-0.15, -0.1) is 11.3 Å². The smallest absolute Gasteiger partial charge is 0.355 e. The molecule has 0 aliphatic rings. The normalized spacial score (nSPS) is 10.1. The minimum Gasteiger partial charge on any atom is -0.478 e. The fourth-order valence-electron chi connectivity index (χ4n) is 1.36. The summed E-state index contributed by atoms with van der Waals surface area (Å²) < 4.78 is 0. The number of carbonyl (C=O) groups is 2. The Morgan fingerprint density at radius 3 is 2.41 bits per heavy atom. The topological polar surface area (TPSA) is 87.5 Å². The molecule has 2 heterocycles. The number of carboxylic acid groups (broad SMARTS) is 2. The molecule has 2 aromatic rings. The molecule has 0 aliphatic carbocycles. The predicted octanol–water partition coefficient (Wildman–Crippen LogP) is 2.21. The zero-order valence-corrected chi connectivity index (χ0v) is 9.27. The summed E-state index contributed by atoms with van der Waals surface area (Å²) in [6.07, 6.45) is 0. The second-order valence-electron chi connectivity index (χ2n) is 3.18. The lowest BCUT2D eigenvalue weighted by Gasteiger charge is -2.03. The highest BCUT2D eigenvalue weighted by Gasteiger charge is 2.18. The molecule has 86 valence electrons. The van der Waals surface area contributed by atoms with E-state index in [-0.39, 0.29) is 5.56 Å². The van der Waals surface area contributed by atoms with Crippen LogP contribution in [0.1, 0.15) is 20.8 Å². The first-order chi connectivity index (χ1) is 8.09. The summed E-state index contributed by atoms with van der Waals surface area (Å²) in [4.78, 5) is 26.4. The van der Waals surface area contributed by atoms with Gasteiger partial charge in [-0.3, -0.25) is 0 Å². The van der Waals surface area contributed by atoms with Crippen LogP contribution in [0.3, 0.4) is 0 Å². The number of hydrogen-bond acceptors (Lipinski definition) is 4. The zero-order valence-electron chi connectivity index (χ0n) is 8.45. The second kappa shape index (κ2) is 4.34. The van der Waals surface area contributed by atoms with Crippen LogP contribution in [0.25, 0.3) is 10.6 Å². The molecule has 2 N–H and O–H groups in total. The maximum absolute atomic E-state index is 10.9. The Labute approximate surface area is 100.0 Å². The van der Waals surface area contributed by atoms with E-state index in [0.717, 1.165) is 4.88 Å². The number of pyridine rings is 1. The van der Waals surface area contributed by atoms with E-state index in [4.69, 9.17) is 10.2 Å². The Morgan fingerprint density at radius 1 is 1.12 bits per heavy atom. The molecule has 0 atom stereocenters. The number of aromatic nitrogens is 1. The first-order valence-corrected chi connectivity index (χ1v) is 5.49. The third-order valence-electron chi connectivity index (χ3n) is 2.10. The van der Waals surface area contributed by atoms with Gasteiger partial charge in [-0.25, -0.2) is 14.6 Å². The SMILES string of the molecule is O=C(O)c1ccc(-c2cccs2)nc1C(=O)O. The van der Waals surface area contributed by atoms with Crippen LogP contribution in [0, 0.1) is 0 Å². The molecule has 0 saturated heterocycles. The fraction of sp³-hybridized carbons (Fsp3) is 0. The Morgan fingerprint density at radius 2 is 1.88 bits per heavy atom. The Balaban J connectivity index is 2.57. The van der Waals surface area contributed by atoms with Gasteiger partial charge in [0.25, 0.3) is 0 Å². The van der Waals surface area contributed by atoms with Gasteiger partial charge < -0.3 is 10.2 Å². The maximum atomic E-state index is 10.9. The van der Waals surface area contributed by atoms with Crippen molar-refractivity contribution in [3.05, 3.63) is 40.9 Å². The van der Waals surface area contributed by atoms with E-state index in [9.17, 15) is 9.59 Å². The summed E-state index contributed by atoms with van der Waals surface area (Å²) in [5.74, 6) is -2.64. The summed E-state index contributed by atoms with van der Waals surface area (Å²) >= 11 is 1.41. The van der Waals surface area contributed by atoms with E-state index in [0.29, 0.717) is 5.69 Å². The van der Waals surface area contributed by atoms with E-state index in [2.05, 4.69) is 4.98 Å². The third-order valence-corrected chi connectivity index (χ3v) is 2.99. The van der Waals surface area contributed by atoms with Crippen LogP contribution in [0.5, 0.6) is 0 Å². The molecular weight excluding hydrogens is 242 g/mol. The number of carboxylic acids is 2. The predicted molar refractivity (Wildman–Crippen MR) is 61.5 cm³/mol. The van der Waals surface area contributed by atoms with Crippen molar-refractivity contribution >= 4 is 23.3 Å². The van der Waals surface area contributed by atoms with Crippen molar-refractivity contribution in [3.8, 4) is 10.6 Å². The molecule has 0 spiro atoms. The number of hydrogen-bond donors (Lipinski definition) is 2. The van der Waals surface area contributed by atoms with Crippen molar-refractivity contribution in [2.75, 3.05) is 0 Å². The number of thiophene rings is 1. The molecule has 5 nitrogen and oxygen atoms in total. The van der Waals surface area contributed by atoms with Crippen LogP contribution in [-0.2, 0) is 0 Å². The van der Waals surface area contributed by atoms with Gasteiger partial charge in [0, 0.05) is 0 Å².